The molecule has 32 heavy (non-hydrogen) atoms. The summed E-state index contributed by atoms with van der Waals surface area (Å²) in [5.74, 6) is -1.03. The molecule has 1 heterocycles. The van der Waals surface area contributed by atoms with E-state index in [2.05, 4.69) is 4.90 Å². The summed E-state index contributed by atoms with van der Waals surface area (Å²) in [6, 6.07) is 13.2. The molecule has 1 N–H and O–H groups in total. The van der Waals surface area contributed by atoms with Crippen molar-refractivity contribution in [2.75, 3.05) is 31.1 Å². The van der Waals surface area contributed by atoms with Gasteiger partial charge in [-0.15, -0.1) is 0 Å². The fourth-order valence-electron chi connectivity index (χ4n) is 5.13. The molecule has 5 nitrogen and oxygen atoms in total. The van der Waals surface area contributed by atoms with Crippen LogP contribution in [0.3, 0.4) is 0 Å². The normalized spacial score (nSPS) is 19.0. The highest BCUT2D eigenvalue weighted by atomic mass is 19.1. The van der Waals surface area contributed by atoms with Crippen molar-refractivity contribution in [3.63, 3.8) is 0 Å². The number of carbonyl (C=O) groups is 2. The van der Waals surface area contributed by atoms with Crippen LogP contribution in [-0.2, 0) is 4.79 Å². The number of hydrogen-bond donors (Lipinski definition) is 1. The minimum atomic E-state index is -1.18. The highest BCUT2D eigenvalue weighted by molar-refractivity contribution is 5.98. The van der Waals surface area contributed by atoms with Gasteiger partial charge in [-0.2, -0.15) is 0 Å². The van der Waals surface area contributed by atoms with E-state index in [1.165, 1.54) is 49.8 Å². The summed E-state index contributed by atoms with van der Waals surface area (Å²) in [6.45, 7) is 2.47. The van der Waals surface area contributed by atoms with Crippen molar-refractivity contribution >= 4 is 17.4 Å². The molecule has 0 amide bonds. The molecule has 6 heteroatoms. The molecule has 2 aromatic carbocycles. The number of ketones is 1. The minimum absolute atomic E-state index is 0.0585. The van der Waals surface area contributed by atoms with E-state index >= 15 is 0 Å². The van der Waals surface area contributed by atoms with Gasteiger partial charge in [0.05, 0.1) is 38.6 Å². The molecule has 0 aromatic heterocycles. The standard InChI is InChI=1S/C26H31FN2O3/c27-22-10-12-23(13-11-22)28-14-16-29(17-15-28)24(26(31)32)18-25(30)21-8-6-20(7-9-21)19-4-2-1-3-5-19/h6-13,19,24H,1-5,14-18H2,(H,31,32)/t24-/m1/s1. The Kier molecular flexibility index (Phi) is 7.20. The third-order valence-corrected chi connectivity index (χ3v) is 7.07. The van der Waals surface area contributed by atoms with E-state index in [0.717, 1.165) is 10.6 Å². The molecule has 1 aliphatic carbocycles. The van der Waals surface area contributed by atoms with Gasteiger partial charge in [0.15, 0.2) is 5.78 Å². The van der Waals surface area contributed by atoms with Crippen LogP contribution >= 0.6 is 0 Å². The van der Waals surface area contributed by atoms with Gasteiger partial charge in [0.25, 0.3) is 0 Å². The van der Waals surface area contributed by atoms with Crippen LogP contribution in [0.4, 0.5) is 10.1 Å². The third kappa shape index (κ3) is 5.36. The van der Waals surface area contributed by atoms with Crippen LogP contribution in [0.1, 0.15) is 60.4 Å². The van der Waals surface area contributed by atoms with Crippen molar-refractivity contribution in [1.82, 2.24) is 0 Å². The molecule has 4 rings (SSSR count). The van der Waals surface area contributed by atoms with Crippen molar-refractivity contribution in [1.29, 1.82) is 0 Å². The molecule has 0 radical (unpaired) electrons. The van der Waals surface area contributed by atoms with Crippen molar-refractivity contribution in [3.8, 4) is 0 Å². The second-order valence-corrected chi connectivity index (χ2v) is 9.08. The number of rotatable bonds is 7. The van der Waals surface area contributed by atoms with Crippen molar-refractivity contribution < 1.29 is 24.0 Å². The second kappa shape index (κ2) is 10.3. The van der Waals surface area contributed by atoms with Crippen LogP contribution in [0, 0.1) is 5.82 Å². The molecular weight excluding hydrogens is 407 g/mol. The lowest BCUT2D eigenvalue weighted by molar-refractivity contribution is -0.918. The Labute approximate surface area is 188 Å². The molecule has 1 aliphatic heterocycles. The maximum Gasteiger partial charge on any atom is 0.169 e. The van der Waals surface area contributed by atoms with Crippen LogP contribution in [0.2, 0.25) is 0 Å². The topological polar surface area (TPSA) is 64.9 Å². The van der Waals surface area contributed by atoms with Crippen LogP contribution in [0.15, 0.2) is 48.5 Å². The minimum Gasteiger partial charge on any atom is -0.544 e. The maximum atomic E-state index is 13.2. The highest BCUT2D eigenvalue weighted by Crippen LogP contribution is 2.32. The molecule has 2 fully saturated rings. The van der Waals surface area contributed by atoms with E-state index in [0.29, 0.717) is 37.7 Å². The summed E-state index contributed by atoms with van der Waals surface area (Å²) >= 11 is 0. The lowest BCUT2D eigenvalue weighted by Gasteiger charge is -2.37. The van der Waals surface area contributed by atoms with Gasteiger partial charge in [-0.3, -0.25) is 4.79 Å². The molecular formula is C26H31FN2O3. The Morgan fingerprint density at radius 2 is 1.59 bits per heavy atom. The number of benzene rings is 2. The van der Waals surface area contributed by atoms with Gasteiger partial charge in [0.1, 0.15) is 11.9 Å². The number of carboxylic acids is 1. The van der Waals surface area contributed by atoms with Crippen molar-refractivity contribution in [2.24, 2.45) is 0 Å². The van der Waals surface area contributed by atoms with Gasteiger partial charge in [-0.05, 0) is 48.6 Å². The number of nitrogens with one attached hydrogen (secondary N) is 1. The zero-order chi connectivity index (χ0) is 22.5. The number of quaternary nitrogens is 1. The van der Waals surface area contributed by atoms with E-state index in [1.54, 1.807) is 12.1 Å². The lowest BCUT2D eigenvalue weighted by Crippen LogP contribution is -3.19. The summed E-state index contributed by atoms with van der Waals surface area (Å²) in [5.41, 5.74) is 2.77. The summed E-state index contributed by atoms with van der Waals surface area (Å²) in [6.07, 6.45) is 6.17. The van der Waals surface area contributed by atoms with Crippen LogP contribution in [0.5, 0.6) is 0 Å². The largest absolute Gasteiger partial charge is 0.544 e. The quantitative estimate of drug-likeness (QED) is 0.672. The molecule has 0 unspecified atom stereocenters. The van der Waals surface area contributed by atoms with E-state index < -0.39 is 12.0 Å². The van der Waals surface area contributed by atoms with E-state index in [4.69, 9.17) is 0 Å². The molecule has 1 atom stereocenters. The fraction of sp³-hybridized carbons (Fsp3) is 0.462. The number of carboxylic acid groups (broad SMARTS) is 1. The SMILES string of the molecule is O=C(C[C@H](C(=O)[O-])[NH+]1CCN(c2ccc(F)cc2)CC1)c1ccc(C2CCCCC2)cc1. The Hall–Kier alpha value is -2.73. The van der Waals surface area contributed by atoms with Gasteiger partial charge >= 0.3 is 0 Å². The van der Waals surface area contributed by atoms with Crippen molar-refractivity contribution in [2.45, 2.75) is 50.5 Å². The second-order valence-electron chi connectivity index (χ2n) is 9.08. The number of carbonyl (C=O) groups excluding carboxylic acids is 2. The van der Waals surface area contributed by atoms with Gasteiger partial charge < -0.3 is 19.7 Å². The molecule has 2 aromatic rings. The molecule has 170 valence electrons. The third-order valence-electron chi connectivity index (χ3n) is 7.07. The molecule has 1 saturated carbocycles. The van der Waals surface area contributed by atoms with Crippen LogP contribution < -0.4 is 14.9 Å². The molecule has 2 aliphatic rings. The Morgan fingerprint density at radius 1 is 0.969 bits per heavy atom. The van der Waals surface area contributed by atoms with Gasteiger partial charge in [0.2, 0.25) is 0 Å². The first-order valence-electron chi connectivity index (χ1n) is 11.7. The Morgan fingerprint density at radius 3 is 2.19 bits per heavy atom. The molecule has 0 bridgehead atoms. The number of anilines is 1. The Balaban J connectivity index is 1.35. The number of nitrogens with zero attached hydrogens (tertiary/aromatic N) is 1. The van der Waals surface area contributed by atoms with Crippen molar-refractivity contribution in [3.05, 3.63) is 65.5 Å². The van der Waals surface area contributed by atoms with Crippen LogP contribution in [-0.4, -0.2) is 44.0 Å². The van der Waals surface area contributed by atoms with Crippen LogP contribution in [0.25, 0.3) is 0 Å². The highest BCUT2D eigenvalue weighted by Gasteiger charge is 2.30. The fourth-order valence-corrected chi connectivity index (χ4v) is 5.13. The van der Waals surface area contributed by atoms with Gasteiger partial charge in [0, 0.05) is 11.3 Å². The number of halogens is 1. The van der Waals surface area contributed by atoms with E-state index in [-0.39, 0.29) is 18.0 Å². The zero-order valence-electron chi connectivity index (χ0n) is 18.4. The first-order valence-corrected chi connectivity index (χ1v) is 11.7. The molecule has 0 spiro atoms. The zero-order valence-corrected chi connectivity index (χ0v) is 18.4. The number of piperazine rings is 1. The number of hydrogen-bond acceptors (Lipinski definition) is 4. The van der Waals surface area contributed by atoms with Gasteiger partial charge in [-0.25, -0.2) is 4.39 Å². The number of aliphatic carboxylic acids is 1. The first kappa shape index (κ1) is 22.5. The van der Waals surface area contributed by atoms with E-state index in [9.17, 15) is 19.1 Å². The first-order chi connectivity index (χ1) is 15.5. The summed E-state index contributed by atoms with van der Waals surface area (Å²) in [4.78, 5) is 27.7. The summed E-state index contributed by atoms with van der Waals surface area (Å²) in [7, 11) is 0. The predicted octanol–water partition coefficient (Wildman–Crippen LogP) is 1.97. The Bertz CT molecular complexity index is 915. The summed E-state index contributed by atoms with van der Waals surface area (Å²) in [5, 5.41) is 11.9. The monoisotopic (exact) mass is 438 g/mol. The summed E-state index contributed by atoms with van der Waals surface area (Å²) < 4.78 is 13.2. The number of Topliss-reactive ketones (excluding diaryl/α,β-unsaturated/α-hetero) is 1. The maximum absolute atomic E-state index is 13.2. The average molecular weight is 439 g/mol. The van der Waals surface area contributed by atoms with E-state index in [1.807, 2.05) is 24.3 Å². The van der Waals surface area contributed by atoms with Gasteiger partial charge in [-0.1, -0.05) is 43.5 Å². The molecule has 1 saturated heterocycles. The predicted molar refractivity (Wildman–Crippen MR) is 119 cm³/mol. The lowest BCUT2D eigenvalue weighted by atomic mass is 9.84. The average Bonchev–Trinajstić information content (AvgIpc) is 2.83. The smallest absolute Gasteiger partial charge is 0.169 e.